The van der Waals surface area contributed by atoms with Gasteiger partial charge in [-0.1, -0.05) is 24.3 Å². The quantitative estimate of drug-likeness (QED) is 0.437. The summed E-state index contributed by atoms with van der Waals surface area (Å²) in [6, 6.07) is 17.5. The van der Waals surface area contributed by atoms with Crippen LogP contribution in [0.4, 0.5) is 5.13 Å². The number of rotatable bonds is 6. The zero-order valence-corrected chi connectivity index (χ0v) is 19.4. The van der Waals surface area contributed by atoms with E-state index < -0.39 is 10.0 Å². The Labute approximate surface area is 195 Å². The minimum atomic E-state index is -3.72. The summed E-state index contributed by atoms with van der Waals surface area (Å²) >= 11 is 1.48. The maximum absolute atomic E-state index is 12.8. The molecule has 0 spiro atoms. The highest BCUT2D eigenvalue weighted by Gasteiger charge is 2.23. The first-order valence-electron chi connectivity index (χ1n) is 10.4. The molecule has 0 radical (unpaired) electrons. The van der Waals surface area contributed by atoms with E-state index in [0.29, 0.717) is 16.5 Å². The fourth-order valence-corrected chi connectivity index (χ4v) is 5.94. The molecule has 2 aromatic heterocycles. The van der Waals surface area contributed by atoms with Gasteiger partial charge in [-0.05, 0) is 54.8 Å². The standard InChI is InChI=1S/C24H21N3O4S2/c1-27(15-18-6-4-14-31-18)33(29,30)19-11-8-17(9-12-19)23(28)26-24-25-22-20-7-3-2-5-16(20)10-13-21(22)32-24/h2-9,11-12,14H,10,13,15H2,1H3,(H,25,26,28). The van der Waals surface area contributed by atoms with E-state index in [2.05, 4.69) is 22.4 Å². The molecule has 168 valence electrons. The number of amides is 1. The Morgan fingerprint density at radius 3 is 2.64 bits per heavy atom. The van der Waals surface area contributed by atoms with Crippen molar-refractivity contribution in [1.29, 1.82) is 0 Å². The molecular weight excluding hydrogens is 458 g/mol. The van der Waals surface area contributed by atoms with Crippen LogP contribution in [0, 0.1) is 0 Å². The van der Waals surface area contributed by atoms with Crippen LogP contribution in [0.3, 0.4) is 0 Å². The van der Waals surface area contributed by atoms with Crippen molar-refractivity contribution in [2.45, 2.75) is 24.3 Å². The van der Waals surface area contributed by atoms with Crippen molar-refractivity contribution in [3.63, 3.8) is 0 Å². The normalized spacial score (nSPS) is 12.9. The number of aryl methyl sites for hydroxylation is 2. The minimum absolute atomic E-state index is 0.106. The van der Waals surface area contributed by atoms with Crippen molar-refractivity contribution in [3.05, 3.63) is 88.7 Å². The predicted molar refractivity (Wildman–Crippen MR) is 127 cm³/mol. The van der Waals surface area contributed by atoms with E-state index in [1.165, 1.54) is 58.8 Å². The van der Waals surface area contributed by atoms with Gasteiger partial charge in [0, 0.05) is 23.1 Å². The van der Waals surface area contributed by atoms with Gasteiger partial charge in [-0.15, -0.1) is 11.3 Å². The van der Waals surface area contributed by atoms with Gasteiger partial charge in [0.05, 0.1) is 23.4 Å². The summed E-state index contributed by atoms with van der Waals surface area (Å²) in [4.78, 5) is 18.7. The van der Waals surface area contributed by atoms with Crippen LogP contribution in [0.5, 0.6) is 0 Å². The number of anilines is 1. The molecule has 0 aliphatic heterocycles. The highest BCUT2D eigenvalue weighted by Crippen LogP contribution is 2.38. The molecule has 1 aliphatic carbocycles. The number of nitrogens with zero attached hydrogens (tertiary/aromatic N) is 2. The van der Waals surface area contributed by atoms with E-state index in [4.69, 9.17) is 4.42 Å². The number of hydrogen-bond acceptors (Lipinski definition) is 6. The minimum Gasteiger partial charge on any atom is -0.468 e. The van der Waals surface area contributed by atoms with Crippen LogP contribution in [0.2, 0.25) is 0 Å². The molecule has 1 N–H and O–H groups in total. The molecule has 0 fully saturated rings. The molecule has 2 heterocycles. The number of hydrogen-bond donors (Lipinski definition) is 1. The zero-order valence-electron chi connectivity index (χ0n) is 17.8. The molecule has 0 unspecified atom stereocenters. The van der Waals surface area contributed by atoms with Gasteiger partial charge in [-0.25, -0.2) is 13.4 Å². The lowest BCUT2D eigenvalue weighted by Crippen LogP contribution is -2.26. The number of sulfonamides is 1. The van der Waals surface area contributed by atoms with Crippen molar-refractivity contribution >= 4 is 32.4 Å². The number of aromatic nitrogens is 1. The van der Waals surface area contributed by atoms with E-state index in [1.807, 2.05) is 12.1 Å². The highest BCUT2D eigenvalue weighted by atomic mass is 32.2. The van der Waals surface area contributed by atoms with Crippen LogP contribution >= 0.6 is 11.3 Å². The van der Waals surface area contributed by atoms with E-state index >= 15 is 0 Å². The molecule has 0 saturated carbocycles. The highest BCUT2D eigenvalue weighted by molar-refractivity contribution is 7.89. The number of nitrogens with one attached hydrogen (secondary N) is 1. The second-order valence-electron chi connectivity index (χ2n) is 7.77. The maximum Gasteiger partial charge on any atom is 0.257 e. The molecule has 5 rings (SSSR count). The average molecular weight is 480 g/mol. The fourth-order valence-electron chi connectivity index (χ4n) is 3.84. The predicted octanol–water partition coefficient (Wildman–Crippen LogP) is 4.57. The molecule has 7 nitrogen and oxygen atoms in total. The maximum atomic E-state index is 12.8. The van der Waals surface area contributed by atoms with Crippen molar-refractivity contribution < 1.29 is 17.6 Å². The second kappa shape index (κ2) is 8.58. The Balaban J connectivity index is 1.30. The summed E-state index contributed by atoms with van der Waals surface area (Å²) in [5.41, 5.74) is 3.67. The molecular formula is C24H21N3O4S2. The monoisotopic (exact) mass is 479 g/mol. The van der Waals surface area contributed by atoms with Gasteiger partial charge in [0.2, 0.25) is 10.0 Å². The van der Waals surface area contributed by atoms with E-state index in [0.717, 1.165) is 29.0 Å². The van der Waals surface area contributed by atoms with E-state index in [1.54, 1.807) is 12.1 Å². The Hall–Kier alpha value is -3.27. The third-order valence-electron chi connectivity index (χ3n) is 5.59. The number of fused-ring (bicyclic) bond motifs is 3. The Morgan fingerprint density at radius 2 is 1.88 bits per heavy atom. The number of carbonyl (C=O) groups excluding carboxylic acids is 1. The summed E-state index contributed by atoms with van der Waals surface area (Å²) in [5, 5.41) is 3.39. The molecule has 1 amide bonds. The molecule has 4 aromatic rings. The molecule has 0 saturated heterocycles. The number of furan rings is 1. The molecule has 2 aromatic carbocycles. The molecule has 33 heavy (non-hydrogen) atoms. The summed E-state index contributed by atoms with van der Waals surface area (Å²) in [6.07, 6.45) is 3.36. The number of benzene rings is 2. The molecule has 0 atom stereocenters. The summed E-state index contributed by atoms with van der Waals surface area (Å²) < 4.78 is 32.1. The van der Waals surface area contributed by atoms with Crippen molar-refractivity contribution in [3.8, 4) is 11.3 Å². The van der Waals surface area contributed by atoms with E-state index in [9.17, 15) is 13.2 Å². The Kier molecular flexibility index (Phi) is 5.61. The Bertz CT molecular complexity index is 1410. The second-order valence-corrected chi connectivity index (χ2v) is 10.9. The van der Waals surface area contributed by atoms with Gasteiger partial charge >= 0.3 is 0 Å². The summed E-state index contributed by atoms with van der Waals surface area (Å²) in [7, 11) is -2.23. The van der Waals surface area contributed by atoms with Crippen LogP contribution in [0.15, 0.2) is 76.2 Å². The van der Waals surface area contributed by atoms with Gasteiger partial charge in [0.15, 0.2) is 5.13 Å². The van der Waals surface area contributed by atoms with Crippen molar-refractivity contribution in [2.24, 2.45) is 0 Å². The lowest BCUT2D eigenvalue weighted by Gasteiger charge is -2.16. The average Bonchev–Trinajstić information content (AvgIpc) is 3.48. The summed E-state index contributed by atoms with van der Waals surface area (Å²) in [5.74, 6) is 0.216. The van der Waals surface area contributed by atoms with Gasteiger partial charge < -0.3 is 4.42 Å². The van der Waals surface area contributed by atoms with Crippen LogP contribution in [-0.2, 0) is 29.4 Å². The third-order valence-corrected chi connectivity index (χ3v) is 8.44. The SMILES string of the molecule is CN(Cc1ccco1)S(=O)(=O)c1ccc(C(=O)Nc2nc3c(s2)CCc2ccccc2-3)cc1. The first-order valence-corrected chi connectivity index (χ1v) is 12.7. The lowest BCUT2D eigenvalue weighted by atomic mass is 9.94. The zero-order chi connectivity index (χ0) is 23.0. The summed E-state index contributed by atoms with van der Waals surface area (Å²) in [6.45, 7) is 0.120. The number of carbonyl (C=O) groups is 1. The number of thiazole rings is 1. The third kappa shape index (κ3) is 4.22. The lowest BCUT2D eigenvalue weighted by molar-refractivity contribution is 0.102. The van der Waals surface area contributed by atoms with Gasteiger partial charge in [0.1, 0.15) is 5.76 Å². The first kappa shape index (κ1) is 21.6. The van der Waals surface area contributed by atoms with E-state index in [-0.39, 0.29) is 17.3 Å². The van der Waals surface area contributed by atoms with Gasteiger partial charge in [0.25, 0.3) is 5.91 Å². The van der Waals surface area contributed by atoms with Crippen molar-refractivity contribution in [1.82, 2.24) is 9.29 Å². The topological polar surface area (TPSA) is 92.5 Å². The van der Waals surface area contributed by atoms with Crippen molar-refractivity contribution in [2.75, 3.05) is 12.4 Å². The van der Waals surface area contributed by atoms with Gasteiger partial charge in [-0.3, -0.25) is 10.1 Å². The van der Waals surface area contributed by atoms with Crippen LogP contribution in [0.1, 0.15) is 26.6 Å². The van der Waals surface area contributed by atoms with Crippen LogP contribution in [-0.4, -0.2) is 30.7 Å². The molecule has 9 heteroatoms. The molecule has 0 bridgehead atoms. The largest absolute Gasteiger partial charge is 0.468 e. The van der Waals surface area contributed by atoms with Crippen LogP contribution < -0.4 is 5.32 Å². The fraction of sp³-hybridized carbons (Fsp3) is 0.167. The Morgan fingerprint density at radius 1 is 1.09 bits per heavy atom. The van der Waals surface area contributed by atoms with Crippen LogP contribution in [0.25, 0.3) is 11.3 Å². The van der Waals surface area contributed by atoms with Gasteiger partial charge in [-0.2, -0.15) is 4.31 Å². The first-order chi connectivity index (χ1) is 15.9. The molecule has 1 aliphatic rings. The smallest absolute Gasteiger partial charge is 0.257 e.